The highest BCUT2D eigenvalue weighted by atomic mass is 16.5. The molecule has 0 saturated heterocycles. The number of rotatable bonds is 3. The summed E-state index contributed by atoms with van der Waals surface area (Å²) >= 11 is 0. The Kier molecular flexibility index (Phi) is 3.45. The van der Waals surface area contributed by atoms with Crippen molar-refractivity contribution in [3.63, 3.8) is 0 Å². The minimum atomic E-state index is 0.534. The Hall–Kier alpha value is -0.0800. The zero-order valence-corrected chi connectivity index (χ0v) is 9.46. The van der Waals surface area contributed by atoms with Crippen molar-refractivity contribution in [3.8, 4) is 0 Å². The van der Waals surface area contributed by atoms with Gasteiger partial charge in [-0.2, -0.15) is 0 Å². The van der Waals surface area contributed by atoms with Gasteiger partial charge < -0.3 is 10.1 Å². The van der Waals surface area contributed by atoms with Crippen molar-refractivity contribution in [2.45, 2.75) is 63.6 Å². The molecule has 82 valence electrons. The number of hydrogen-bond acceptors (Lipinski definition) is 2. The van der Waals surface area contributed by atoms with Crippen LogP contribution in [0.4, 0.5) is 0 Å². The fraction of sp³-hybridized carbons (Fsp3) is 1.00. The fourth-order valence-corrected chi connectivity index (χ4v) is 2.76. The normalized spacial score (nSPS) is 43.3. The van der Waals surface area contributed by atoms with Gasteiger partial charge in [-0.25, -0.2) is 0 Å². The molecular weight excluding hydrogens is 174 g/mol. The molecule has 2 unspecified atom stereocenters. The zero-order chi connectivity index (χ0) is 9.97. The van der Waals surface area contributed by atoms with Crippen molar-refractivity contribution in [2.75, 3.05) is 7.11 Å². The Balaban J connectivity index is 1.69. The molecule has 1 N–H and O–H groups in total. The molecule has 2 fully saturated rings. The minimum absolute atomic E-state index is 0.534. The lowest BCUT2D eigenvalue weighted by atomic mass is 9.82. The summed E-state index contributed by atoms with van der Waals surface area (Å²) in [6.07, 6.45) is 8.63. The summed E-state index contributed by atoms with van der Waals surface area (Å²) in [6, 6.07) is 1.53. The molecular formula is C12H23NO. The molecule has 0 aromatic carbocycles. The van der Waals surface area contributed by atoms with E-state index in [9.17, 15) is 0 Å². The molecule has 2 aliphatic rings. The molecule has 0 amide bonds. The van der Waals surface area contributed by atoms with Gasteiger partial charge in [0.1, 0.15) is 0 Å². The summed E-state index contributed by atoms with van der Waals surface area (Å²) in [5, 5.41) is 3.79. The van der Waals surface area contributed by atoms with E-state index in [1.165, 1.54) is 38.5 Å². The van der Waals surface area contributed by atoms with Crippen molar-refractivity contribution in [2.24, 2.45) is 5.92 Å². The van der Waals surface area contributed by atoms with E-state index in [1.807, 2.05) is 7.11 Å². The molecule has 0 bridgehead atoms. The highest BCUT2D eigenvalue weighted by Gasteiger charge is 2.32. The van der Waals surface area contributed by atoms with Gasteiger partial charge in [-0.1, -0.05) is 19.8 Å². The molecule has 2 nitrogen and oxygen atoms in total. The Morgan fingerprint density at radius 2 is 1.86 bits per heavy atom. The van der Waals surface area contributed by atoms with E-state index in [4.69, 9.17) is 4.74 Å². The van der Waals surface area contributed by atoms with Gasteiger partial charge in [0.2, 0.25) is 0 Å². The first-order chi connectivity index (χ1) is 6.79. The lowest BCUT2D eigenvalue weighted by Crippen LogP contribution is -2.51. The van der Waals surface area contributed by atoms with E-state index in [-0.39, 0.29) is 0 Å². The number of hydrogen-bond donors (Lipinski definition) is 1. The van der Waals surface area contributed by atoms with Crippen LogP contribution in [0.2, 0.25) is 0 Å². The monoisotopic (exact) mass is 197 g/mol. The van der Waals surface area contributed by atoms with Gasteiger partial charge in [0, 0.05) is 19.2 Å². The van der Waals surface area contributed by atoms with Crippen molar-refractivity contribution in [1.29, 1.82) is 0 Å². The first-order valence-corrected chi connectivity index (χ1v) is 6.08. The maximum Gasteiger partial charge on any atom is 0.0601 e. The molecule has 0 aromatic rings. The van der Waals surface area contributed by atoms with Crippen LogP contribution in [0.25, 0.3) is 0 Å². The Morgan fingerprint density at radius 3 is 2.50 bits per heavy atom. The summed E-state index contributed by atoms with van der Waals surface area (Å²) in [5.74, 6) is 0.880. The molecule has 0 radical (unpaired) electrons. The first kappa shape index (κ1) is 10.4. The first-order valence-electron chi connectivity index (χ1n) is 6.08. The number of ether oxygens (including phenoxy) is 1. The Morgan fingerprint density at radius 1 is 1.14 bits per heavy atom. The molecule has 2 aliphatic carbocycles. The SMILES string of the molecule is COC1CC(NC2CCCCC2C)C1. The fourth-order valence-electron chi connectivity index (χ4n) is 2.76. The van der Waals surface area contributed by atoms with Crippen LogP contribution in [0, 0.1) is 5.92 Å². The van der Waals surface area contributed by atoms with E-state index in [1.54, 1.807) is 0 Å². The predicted molar refractivity (Wildman–Crippen MR) is 58.4 cm³/mol. The van der Waals surface area contributed by atoms with Crippen LogP contribution in [-0.2, 0) is 4.74 Å². The van der Waals surface area contributed by atoms with Gasteiger partial charge in [0.25, 0.3) is 0 Å². The van der Waals surface area contributed by atoms with Gasteiger partial charge in [0.15, 0.2) is 0 Å². The van der Waals surface area contributed by atoms with Crippen LogP contribution in [0.3, 0.4) is 0 Å². The Bertz CT molecular complexity index is 177. The molecule has 0 spiro atoms. The van der Waals surface area contributed by atoms with Gasteiger partial charge >= 0.3 is 0 Å². The van der Waals surface area contributed by atoms with E-state index in [0.29, 0.717) is 6.10 Å². The van der Waals surface area contributed by atoms with Crippen LogP contribution in [0.5, 0.6) is 0 Å². The van der Waals surface area contributed by atoms with Crippen LogP contribution in [0.15, 0.2) is 0 Å². The largest absolute Gasteiger partial charge is 0.381 e. The lowest BCUT2D eigenvalue weighted by molar-refractivity contribution is 0.0104. The summed E-state index contributed by atoms with van der Waals surface area (Å²) in [6.45, 7) is 2.39. The third-order valence-corrected chi connectivity index (χ3v) is 3.99. The standard InChI is InChI=1S/C12H23NO/c1-9-5-3-4-6-12(9)13-10-7-11(8-10)14-2/h9-13H,3-8H2,1-2H3. The van der Waals surface area contributed by atoms with Gasteiger partial charge in [0.05, 0.1) is 6.10 Å². The summed E-state index contributed by atoms with van der Waals surface area (Å²) in [4.78, 5) is 0. The van der Waals surface area contributed by atoms with Crippen molar-refractivity contribution >= 4 is 0 Å². The van der Waals surface area contributed by atoms with Gasteiger partial charge in [-0.05, 0) is 31.6 Å². The molecule has 0 heterocycles. The van der Waals surface area contributed by atoms with E-state index in [2.05, 4.69) is 12.2 Å². The second-order valence-corrected chi connectivity index (χ2v) is 5.06. The summed E-state index contributed by atoms with van der Waals surface area (Å²) in [5.41, 5.74) is 0. The summed E-state index contributed by atoms with van der Waals surface area (Å²) in [7, 11) is 1.82. The summed E-state index contributed by atoms with van der Waals surface area (Å²) < 4.78 is 5.29. The van der Waals surface area contributed by atoms with Crippen LogP contribution < -0.4 is 5.32 Å². The number of methoxy groups -OCH3 is 1. The molecule has 14 heavy (non-hydrogen) atoms. The van der Waals surface area contributed by atoms with E-state index in [0.717, 1.165) is 18.0 Å². The highest BCUT2D eigenvalue weighted by Crippen LogP contribution is 2.28. The molecule has 2 rings (SSSR count). The van der Waals surface area contributed by atoms with Gasteiger partial charge in [-0.15, -0.1) is 0 Å². The average molecular weight is 197 g/mol. The lowest BCUT2D eigenvalue weighted by Gasteiger charge is -2.40. The molecule has 2 heteroatoms. The third-order valence-electron chi connectivity index (χ3n) is 3.99. The Labute approximate surface area is 87.4 Å². The van der Waals surface area contributed by atoms with Gasteiger partial charge in [-0.3, -0.25) is 0 Å². The van der Waals surface area contributed by atoms with E-state index < -0.39 is 0 Å². The quantitative estimate of drug-likeness (QED) is 0.750. The molecule has 2 atom stereocenters. The van der Waals surface area contributed by atoms with Crippen LogP contribution in [-0.4, -0.2) is 25.3 Å². The second-order valence-electron chi connectivity index (χ2n) is 5.06. The highest BCUT2D eigenvalue weighted by molar-refractivity contribution is 4.90. The second kappa shape index (κ2) is 4.63. The third kappa shape index (κ3) is 2.29. The predicted octanol–water partition coefficient (Wildman–Crippen LogP) is 2.33. The topological polar surface area (TPSA) is 21.3 Å². The van der Waals surface area contributed by atoms with Crippen LogP contribution >= 0.6 is 0 Å². The van der Waals surface area contributed by atoms with Crippen LogP contribution in [0.1, 0.15) is 45.4 Å². The average Bonchev–Trinajstić information content (AvgIpc) is 2.13. The smallest absolute Gasteiger partial charge is 0.0601 e. The van der Waals surface area contributed by atoms with Crippen molar-refractivity contribution < 1.29 is 4.74 Å². The van der Waals surface area contributed by atoms with Crippen molar-refractivity contribution in [1.82, 2.24) is 5.32 Å². The van der Waals surface area contributed by atoms with E-state index >= 15 is 0 Å². The molecule has 0 aliphatic heterocycles. The molecule has 0 aromatic heterocycles. The maximum atomic E-state index is 5.29. The maximum absolute atomic E-state index is 5.29. The molecule has 2 saturated carbocycles. The number of nitrogens with one attached hydrogen (secondary N) is 1. The minimum Gasteiger partial charge on any atom is -0.381 e. The zero-order valence-electron chi connectivity index (χ0n) is 9.46. The van der Waals surface area contributed by atoms with Crippen molar-refractivity contribution in [3.05, 3.63) is 0 Å².